The molecule has 35 heavy (non-hydrogen) atoms. The van der Waals surface area contributed by atoms with Crippen LogP contribution in [0.25, 0.3) is 11.0 Å². The van der Waals surface area contributed by atoms with Gasteiger partial charge in [0, 0.05) is 45.0 Å². The number of carbonyl (C=O) groups is 1. The van der Waals surface area contributed by atoms with Gasteiger partial charge in [-0.1, -0.05) is 18.6 Å². The molecule has 0 atom stereocenters. The quantitative estimate of drug-likeness (QED) is 0.552. The van der Waals surface area contributed by atoms with Crippen molar-refractivity contribution >= 4 is 38.6 Å². The van der Waals surface area contributed by atoms with Crippen molar-refractivity contribution < 1.29 is 13.2 Å². The van der Waals surface area contributed by atoms with Crippen LogP contribution < -0.4 is 9.80 Å². The molecule has 2 saturated heterocycles. The molecule has 0 aliphatic carbocycles. The van der Waals surface area contributed by atoms with Crippen molar-refractivity contribution in [2.75, 3.05) is 42.5 Å². The normalized spacial score (nSPS) is 19.3. The number of piperidine rings is 2. The summed E-state index contributed by atoms with van der Waals surface area (Å²) in [5.41, 5.74) is 3.14. The summed E-state index contributed by atoms with van der Waals surface area (Å²) in [5, 5.41) is 0. The second-order valence-electron chi connectivity index (χ2n) is 9.70. The van der Waals surface area contributed by atoms with E-state index in [9.17, 15) is 13.2 Å². The van der Waals surface area contributed by atoms with Crippen molar-refractivity contribution in [3.05, 3.63) is 48.0 Å². The molecule has 2 aromatic carbocycles. The van der Waals surface area contributed by atoms with Crippen LogP contribution in [0.5, 0.6) is 0 Å². The lowest BCUT2D eigenvalue weighted by atomic mass is 10.1. The monoisotopic (exact) mass is 493 g/mol. The van der Waals surface area contributed by atoms with Gasteiger partial charge in [0.05, 0.1) is 21.5 Å². The van der Waals surface area contributed by atoms with E-state index in [1.165, 1.54) is 6.42 Å². The number of rotatable bonds is 4. The van der Waals surface area contributed by atoms with Crippen LogP contribution in [0.15, 0.2) is 47.4 Å². The van der Waals surface area contributed by atoms with Crippen molar-refractivity contribution in [3.63, 3.8) is 0 Å². The zero-order chi connectivity index (χ0) is 24.0. The summed E-state index contributed by atoms with van der Waals surface area (Å²) in [6.07, 6.45) is 6.13. The Bertz CT molecular complexity index is 1370. The molecule has 184 valence electrons. The van der Waals surface area contributed by atoms with Gasteiger partial charge in [-0.25, -0.2) is 13.4 Å². The highest BCUT2D eigenvalue weighted by molar-refractivity contribution is 7.89. The van der Waals surface area contributed by atoms with E-state index in [1.807, 2.05) is 30.3 Å². The van der Waals surface area contributed by atoms with Crippen LogP contribution in [-0.2, 0) is 16.6 Å². The number of carbonyl (C=O) groups excluding carboxylic acids is 1. The Hall–Kier alpha value is -2.91. The van der Waals surface area contributed by atoms with E-state index >= 15 is 0 Å². The first-order valence-corrected chi connectivity index (χ1v) is 14.1. The van der Waals surface area contributed by atoms with Gasteiger partial charge in [0.25, 0.3) is 5.91 Å². The lowest BCUT2D eigenvalue weighted by Gasteiger charge is -2.32. The molecule has 0 unspecified atom stereocenters. The van der Waals surface area contributed by atoms with Crippen LogP contribution in [0.2, 0.25) is 0 Å². The molecule has 1 amide bonds. The summed E-state index contributed by atoms with van der Waals surface area (Å²) in [5.74, 6) is 0.445. The largest absolute Gasteiger partial charge is 0.371 e. The standard InChI is InChI=1S/C26H31N5O3S/c32-25(31-18-17-30-24-10-4-3-9-22(24)27-26(30)31)21-19-20(35(33,34)29-15-7-2-8-16-29)11-12-23(21)28-13-5-1-6-14-28/h3-4,9-12,19H,1-2,5-8,13-18H2. The second-order valence-corrected chi connectivity index (χ2v) is 11.6. The van der Waals surface area contributed by atoms with Gasteiger partial charge in [0.2, 0.25) is 16.0 Å². The average Bonchev–Trinajstić information content (AvgIpc) is 3.48. The number of para-hydroxylation sites is 2. The number of anilines is 2. The maximum Gasteiger partial charge on any atom is 0.262 e. The average molecular weight is 494 g/mol. The van der Waals surface area contributed by atoms with Crippen molar-refractivity contribution in [2.45, 2.75) is 50.0 Å². The molecule has 3 aromatic rings. The third kappa shape index (κ3) is 3.90. The van der Waals surface area contributed by atoms with Crippen LogP contribution in [0.4, 0.5) is 11.6 Å². The van der Waals surface area contributed by atoms with E-state index in [1.54, 1.807) is 21.3 Å². The molecular formula is C26H31N5O3S. The molecule has 6 rings (SSSR count). The van der Waals surface area contributed by atoms with Gasteiger partial charge < -0.3 is 9.47 Å². The van der Waals surface area contributed by atoms with Crippen LogP contribution in [0.3, 0.4) is 0 Å². The number of nitrogens with zero attached hydrogens (tertiary/aromatic N) is 5. The molecule has 8 nitrogen and oxygen atoms in total. The molecule has 4 heterocycles. The van der Waals surface area contributed by atoms with E-state index in [0.717, 1.165) is 61.9 Å². The van der Waals surface area contributed by atoms with Crippen LogP contribution >= 0.6 is 0 Å². The van der Waals surface area contributed by atoms with Crippen molar-refractivity contribution in [3.8, 4) is 0 Å². The van der Waals surface area contributed by atoms with Crippen molar-refractivity contribution in [1.29, 1.82) is 0 Å². The third-order valence-electron chi connectivity index (χ3n) is 7.52. The van der Waals surface area contributed by atoms with Crippen molar-refractivity contribution in [2.24, 2.45) is 0 Å². The molecule has 0 saturated carbocycles. The first-order chi connectivity index (χ1) is 17.0. The number of fused-ring (bicyclic) bond motifs is 3. The molecule has 0 bridgehead atoms. The van der Waals surface area contributed by atoms with Gasteiger partial charge in [0.1, 0.15) is 0 Å². The molecule has 3 aliphatic rings. The minimum atomic E-state index is -3.65. The maximum atomic E-state index is 14.0. The van der Waals surface area contributed by atoms with Gasteiger partial charge >= 0.3 is 0 Å². The lowest BCUT2D eigenvalue weighted by Crippen LogP contribution is -2.37. The Morgan fingerprint density at radius 2 is 1.51 bits per heavy atom. The number of benzene rings is 2. The minimum Gasteiger partial charge on any atom is -0.371 e. The van der Waals surface area contributed by atoms with Gasteiger partial charge in [-0.2, -0.15) is 4.31 Å². The predicted octanol–water partition coefficient (Wildman–Crippen LogP) is 3.86. The molecule has 9 heteroatoms. The lowest BCUT2D eigenvalue weighted by molar-refractivity contribution is 0.0989. The fourth-order valence-corrected chi connectivity index (χ4v) is 7.18. The molecule has 2 fully saturated rings. The van der Waals surface area contributed by atoms with E-state index < -0.39 is 10.0 Å². The fourth-order valence-electron chi connectivity index (χ4n) is 5.64. The molecule has 0 radical (unpaired) electrons. The SMILES string of the molecule is O=C(c1cc(S(=O)(=O)N2CCCCC2)ccc1N1CCCCC1)N1CCn2c1nc1ccccc12. The van der Waals surface area contributed by atoms with Crippen LogP contribution in [0.1, 0.15) is 48.9 Å². The van der Waals surface area contributed by atoms with E-state index in [2.05, 4.69) is 9.47 Å². The van der Waals surface area contributed by atoms with Gasteiger partial charge in [-0.05, 0) is 62.4 Å². The van der Waals surface area contributed by atoms with Gasteiger partial charge in [-0.3, -0.25) is 9.69 Å². The summed E-state index contributed by atoms with van der Waals surface area (Å²) >= 11 is 0. The smallest absolute Gasteiger partial charge is 0.262 e. The second kappa shape index (κ2) is 8.95. The van der Waals surface area contributed by atoms with Crippen LogP contribution in [-0.4, -0.2) is 60.9 Å². The number of sulfonamides is 1. The molecule has 0 spiro atoms. The summed E-state index contributed by atoms with van der Waals surface area (Å²) in [6, 6.07) is 13.0. The van der Waals surface area contributed by atoms with Gasteiger partial charge in [-0.15, -0.1) is 0 Å². The number of hydrogen-bond donors (Lipinski definition) is 0. The Morgan fingerprint density at radius 1 is 0.800 bits per heavy atom. The number of hydrogen-bond acceptors (Lipinski definition) is 5. The topological polar surface area (TPSA) is 78.8 Å². The number of aromatic nitrogens is 2. The van der Waals surface area contributed by atoms with E-state index in [4.69, 9.17) is 4.98 Å². The van der Waals surface area contributed by atoms with E-state index in [-0.39, 0.29) is 10.8 Å². The summed E-state index contributed by atoms with van der Waals surface area (Å²) in [7, 11) is -3.65. The Balaban J connectivity index is 1.42. The minimum absolute atomic E-state index is 0.185. The van der Waals surface area contributed by atoms with Gasteiger partial charge in [0.15, 0.2) is 0 Å². The Kier molecular flexibility index (Phi) is 5.76. The highest BCUT2D eigenvalue weighted by atomic mass is 32.2. The summed E-state index contributed by atoms with van der Waals surface area (Å²) in [6.45, 7) is 4.01. The molecule has 3 aliphatic heterocycles. The summed E-state index contributed by atoms with van der Waals surface area (Å²) in [4.78, 5) is 22.9. The van der Waals surface area contributed by atoms with E-state index in [0.29, 0.717) is 37.7 Å². The Labute approximate surface area is 206 Å². The molecular weight excluding hydrogens is 462 g/mol. The first-order valence-electron chi connectivity index (χ1n) is 12.7. The third-order valence-corrected chi connectivity index (χ3v) is 9.41. The highest BCUT2D eigenvalue weighted by Crippen LogP contribution is 2.33. The van der Waals surface area contributed by atoms with Crippen molar-refractivity contribution in [1.82, 2.24) is 13.9 Å². The number of imidazole rings is 1. The fraction of sp³-hybridized carbons (Fsp3) is 0.462. The highest BCUT2D eigenvalue weighted by Gasteiger charge is 2.33. The Morgan fingerprint density at radius 3 is 2.29 bits per heavy atom. The first kappa shape index (κ1) is 22.5. The number of amides is 1. The zero-order valence-electron chi connectivity index (χ0n) is 19.9. The zero-order valence-corrected chi connectivity index (χ0v) is 20.7. The van der Waals surface area contributed by atoms with Crippen LogP contribution in [0, 0.1) is 0 Å². The molecule has 0 N–H and O–H groups in total. The predicted molar refractivity (Wildman–Crippen MR) is 137 cm³/mol. The molecule has 1 aromatic heterocycles. The summed E-state index contributed by atoms with van der Waals surface area (Å²) < 4.78 is 30.6. The maximum absolute atomic E-state index is 14.0.